The Bertz CT molecular complexity index is 839. The van der Waals surface area contributed by atoms with E-state index < -0.39 is 10.0 Å². The summed E-state index contributed by atoms with van der Waals surface area (Å²) in [7, 11) is -3.76. The van der Waals surface area contributed by atoms with E-state index in [9.17, 15) is 13.2 Å². The predicted molar refractivity (Wildman–Crippen MR) is 103 cm³/mol. The van der Waals surface area contributed by atoms with Gasteiger partial charge in [0, 0.05) is 16.5 Å². The molecule has 0 aromatic heterocycles. The molecular weight excluding hydrogens is 380 g/mol. The lowest BCUT2D eigenvalue weighted by Crippen LogP contribution is -2.37. The van der Waals surface area contributed by atoms with Gasteiger partial charge in [-0.1, -0.05) is 30.7 Å². The monoisotopic (exact) mass is 398 g/mol. The highest BCUT2D eigenvalue weighted by atomic mass is 35.5. The van der Waals surface area contributed by atoms with Gasteiger partial charge in [0.25, 0.3) is 0 Å². The summed E-state index contributed by atoms with van der Waals surface area (Å²) in [4.78, 5) is 13.4. The zero-order valence-corrected chi connectivity index (χ0v) is 16.3. The number of hydrogen-bond acceptors (Lipinski definition) is 4. The molecule has 0 fully saturated rings. The first-order chi connectivity index (χ1) is 11.9. The number of nitrogens with one attached hydrogen (secondary N) is 1. The molecule has 2 aromatic carbocycles. The van der Waals surface area contributed by atoms with Crippen LogP contribution in [-0.2, 0) is 14.8 Å². The molecule has 0 unspecified atom stereocenters. The number of sulfonamides is 1. The third-order valence-corrected chi connectivity index (χ3v) is 6.49. The van der Waals surface area contributed by atoms with E-state index in [2.05, 4.69) is 5.32 Å². The zero-order valence-electron chi connectivity index (χ0n) is 13.9. The summed E-state index contributed by atoms with van der Waals surface area (Å²) >= 11 is 7.31. The number of halogens is 1. The number of hydrogen-bond donors (Lipinski definition) is 1. The molecule has 1 N–H and O–H groups in total. The van der Waals surface area contributed by atoms with Gasteiger partial charge < -0.3 is 5.32 Å². The van der Waals surface area contributed by atoms with Gasteiger partial charge in [0.1, 0.15) is 0 Å². The number of anilines is 1. The van der Waals surface area contributed by atoms with E-state index in [1.165, 1.54) is 36.0 Å². The predicted octanol–water partition coefficient (Wildman–Crippen LogP) is 3.71. The lowest BCUT2D eigenvalue weighted by molar-refractivity contribution is -0.116. The van der Waals surface area contributed by atoms with Crippen molar-refractivity contribution in [3.05, 3.63) is 53.6 Å². The second kappa shape index (κ2) is 8.71. The summed E-state index contributed by atoms with van der Waals surface area (Å²) in [5.41, 5.74) is 0.667. The maximum Gasteiger partial charge on any atom is 0.243 e. The third-order valence-electron chi connectivity index (χ3n) is 3.51. The van der Waals surface area contributed by atoms with Crippen LogP contribution in [0.5, 0.6) is 0 Å². The van der Waals surface area contributed by atoms with Gasteiger partial charge in [0.2, 0.25) is 15.9 Å². The van der Waals surface area contributed by atoms with Crippen molar-refractivity contribution < 1.29 is 13.2 Å². The van der Waals surface area contributed by atoms with Gasteiger partial charge in [-0.15, -0.1) is 11.8 Å². The van der Waals surface area contributed by atoms with E-state index >= 15 is 0 Å². The summed E-state index contributed by atoms with van der Waals surface area (Å²) in [6.07, 6.45) is 1.91. The maximum atomic E-state index is 12.7. The molecular formula is C17H19ClN2O3S2. The number of rotatable bonds is 7. The standard InChI is InChI=1S/C17H19ClN2O3S2/c1-3-20(25(22,23)14-10-8-13(18)9-11-14)12-17(21)19-15-6-4-5-7-16(15)24-2/h4-11H,3,12H2,1-2H3,(H,19,21). The van der Waals surface area contributed by atoms with Gasteiger partial charge in [0.05, 0.1) is 17.1 Å². The number of para-hydroxylation sites is 1. The largest absolute Gasteiger partial charge is 0.324 e. The Balaban J connectivity index is 2.15. The van der Waals surface area contributed by atoms with Crippen molar-refractivity contribution in [2.75, 3.05) is 24.7 Å². The molecule has 8 heteroatoms. The molecule has 0 bridgehead atoms. The molecule has 0 aliphatic carbocycles. The number of likely N-dealkylation sites (N-methyl/N-ethyl adjacent to an activating group) is 1. The fraction of sp³-hybridized carbons (Fsp3) is 0.235. The number of carbonyl (C=O) groups is 1. The van der Waals surface area contributed by atoms with Gasteiger partial charge in [0.15, 0.2) is 0 Å². The molecule has 2 aromatic rings. The lowest BCUT2D eigenvalue weighted by Gasteiger charge is -2.20. The summed E-state index contributed by atoms with van der Waals surface area (Å²) in [6.45, 7) is 1.61. The topological polar surface area (TPSA) is 66.5 Å². The van der Waals surface area contributed by atoms with Crippen molar-refractivity contribution in [1.29, 1.82) is 0 Å². The second-order valence-electron chi connectivity index (χ2n) is 5.13. The van der Waals surface area contributed by atoms with Gasteiger partial charge >= 0.3 is 0 Å². The highest BCUT2D eigenvalue weighted by Crippen LogP contribution is 2.25. The van der Waals surface area contributed by atoms with Gasteiger partial charge in [-0.05, 0) is 42.7 Å². The minimum absolute atomic E-state index is 0.107. The fourth-order valence-electron chi connectivity index (χ4n) is 2.22. The van der Waals surface area contributed by atoms with Gasteiger partial charge in [-0.3, -0.25) is 4.79 Å². The molecule has 1 amide bonds. The molecule has 0 saturated heterocycles. The number of carbonyl (C=O) groups excluding carboxylic acids is 1. The molecule has 0 radical (unpaired) electrons. The average Bonchev–Trinajstić information content (AvgIpc) is 2.60. The second-order valence-corrected chi connectivity index (χ2v) is 8.36. The molecule has 25 heavy (non-hydrogen) atoms. The van der Waals surface area contributed by atoms with Crippen LogP contribution in [0.15, 0.2) is 58.3 Å². The van der Waals surface area contributed by atoms with E-state index in [1.54, 1.807) is 13.0 Å². The molecule has 0 saturated carbocycles. The van der Waals surface area contributed by atoms with E-state index in [0.29, 0.717) is 10.7 Å². The Morgan fingerprint density at radius 1 is 1.16 bits per heavy atom. The van der Waals surface area contributed by atoms with E-state index in [4.69, 9.17) is 11.6 Å². The normalized spacial score (nSPS) is 11.5. The molecule has 2 rings (SSSR count). The first-order valence-electron chi connectivity index (χ1n) is 7.57. The average molecular weight is 399 g/mol. The first-order valence-corrected chi connectivity index (χ1v) is 10.6. The molecule has 0 atom stereocenters. The van der Waals surface area contributed by atoms with Gasteiger partial charge in [-0.2, -0.15) is 4.31 Å². The highest BCUT2D eigenvalue weighted by Gasteiger charge is 2.25. The van der Waals surface area contributed by atoms with Crippen molar-refractivity contribution in [3.8, 4) is 0 Å². The van der Waals surface area contributed by atoms with Crippen LogP contribution < -0.4 is 5.32 Å². The summed E-state index contributed by atoms with van der Waals surface area (Å²) in [5.74, 6) is -0.388. The van der Waals surface area contributed by atoms with Crippen molar-refractivity contribution in [3.63, 3.8) is 0 Å². The Hall–Kier alpha value is -1.54. The zero-order chi connectivity index (χ0) is 18.4. The number of amides is 1. The minimum atomic E-state index is -3.76. The molecule has 0 spiro atoms. The Morgan fingerprint density at radius 2 is 1.80 bits per heavy atom. The van der Waals surface area contributed by atoms with Crippen LogP contribution in [0.25, 0.3) is 0 Å². The van der Waals surface area contributed by atoms with Crippen molar-refractivity contribution in [2.45, 2.75) is 16.7 Å². The van der Waals surface area contributed by atoms with E-state index in [0.717, 1.165) is 9.20 Å². The maximum absolute atomic E-state index is 12.7. The van der Waals surface area contributed by atoms with Crippen LogP contribution in [0.4, 0.5) is 5.69 Å². The van der Waals surface area contributed by atoms with Crippen LogP contribution in [0.3, 0.4) is 0 Å². The quantitative estimate of drug-likeness (QED) is 0.722. The number of benzene rings is 2. The summed E-state index contributed by atoms with van der Waals surface area (Å²) < 4.78 is 26.5. The van der Waals surface area contributed by atoms with Crippen molar-refractivity contribution >= 4 is 45.0 Å². The van der Waals surface area contributed by atoms with Crippen molar-refractivity contribution in [2.24, 2.45) is 0 Å². The minimum Gasteiger partial charge on any atom is -0.324 e. The van der Waals surface area contributed by atoms with Crippen LogP contribution in [0.2, 0.25) is 5.02 Å². The summed E-state index contributed by atoms with van der Waals surface area (Å²) in [6, 6.07) is 13.3. The third kappa shape index (κ3) is 4.98. The first kappa shape index (κ1) is 19.8. The molecule has 0 aliphatic heterocycles. The SMILES string of the molecule is CCN(CC(=O)Nc1ccccc1SC)S(=O)(=O)c1ccc(Cl)cc1. The Morgan fingerprint density at radius 3 is 2.40 bits per heavy atom. The van der Waals surface area contributed by atoms with Crippen LogP contribution >= 0.6 is 23.4 Å². The highest BCUT2D eigenvalue weighted by molar-refractivity contribution is 7.98. The summed E-state index contributed by atoms with van der Waals surface area (Å²) in [5, 5.41) is 3.22. The molecule has 0 aliphatic rings. The van der Waals surface area contributed by atoms with Gasteiger partial charge in [-0.25, -0.2) is 8.42 Å². The number of nitrogens with zero attached hydrogens (tertiary/aromatic N) is 1. The molecule has 134 valence electrons. The van der Waals surface area contributed by atoms with Crippen LogP contribution in [0.1, 0.15) is 6.92 Å². The Labute approximate surface area is 157 Å². The molecule has 5 nitrogen and oxygen atoms in total. The van der Waals surface area contributed by atoms with Crippen molar-refractivity contribution in [1.82, 2.24) is 4.31 Å². The van der Waals surface area contributed by atoms with Crippen LogP contribution in [0, 0.1) is 0 Å². The fourth-order valence-corrected chi connectivity index (χ4v) is 4.31. The number of thioether (sulfide) groups is 1. The molecule has 0 heterocycles. The van der Waals surface area contributed by atoms with E-state index in [1.807, 2.05) is 24.5 Å². The lowest BCUT2D eigenvalue weighted by atomic mass is 10.3. The van der Waals surface area contributed by atoms with E-state index in [-0.39, 0.29) is 23.9 Å². The smallest absolute Gasteiger partial charge is 0.243 e. The Kier molecular flexibility index (Phi) is 6.89. The van der Waals surface area contributed by atoms with Crippen LogP contribution in [-0.4, -0.2) is 38.0 Å².